The Labute approximate surface area is 175 Å². The average molecular weight is 434 g/mol. The summed E-state index contributed by atoms with van der Waals surface area (Å²) in [6, 6.07) is 8.76. The number of carbonyl (C=O) groups excluding carboxylic acids is 2. The maximum Gasteiger partial charge on any atom is 0.321 e. The monoisotopic (exact) mass is 433 g/mol. The Morgan fingerprint density at radius 3 is 2.86 bits per heavy atom. The van der Waals surface area contributed by atoms with E-state index < -0.39 is 6.03 Å². The zero-order valence-electron chi connectivity index (χ0n) is 15.4. The Bertz CT molecular complexity index is 1030. The smallest absolute Gasteiger partial charge is 0.321 e. The van der Waals surface area contributed by atoms with Gasteiger partial charge in [-0.25, -0.2) is 19.2 Å². The van der Waals surface area contributed by atoms with Gasteiger partial charge in [0.2, 0.25) is 0 Å². The highest BCUT2D eigenvalue weighted by molar-refractivity contribution is 7.13. The zero-order valence-corrected chi connectivity index (χ0v) is 16.9. The number of halogens is 2. The van der Waals surface area contributed by atoms with Crippen molar-refractivity contribution in [1.29, 1.82) is 0 Å². The van der Waals surface area contributed by atoms with Crippen molar-refractivity contribution in [2.45, 2.75) is 13.1 Å². The van der Waals surface area contributed by atoms with E-state index in [1.165, 1.54) is 34.6 Å². The lowest BCUT2D eigenvalue weighted by Gasteiger charge is -2.16. The minimum Gasteiger partial charge on any atom is -0.336 e. The maximum absolute atomic E-state index is 13.2. The van der Waals surface area contributed by atoms with Crippen molar-refractivity contribution in [3.8, 4) is 0 Å². The number of benzene rings is 1. The summed E-state index contributed by atoms with van der Waals surface area (Å²) in [5.74, 6) is -0.640. The van der Waals surface area contributed by atoms with E-state index in [1.54, 1.807) is 36.7 Å². The molecule has 3 aromatic rings. The molecule has 3 amide bonds. The van der Waals surface area contributed by atoms with E-state index in [4.69, 9.17) is 11.6 Å². The molecule has 2 heterocycles. The molecular weight excluding hydrogens is 417 g/mol. The summed E-state index contributed by atoms with van der Waals surface area (Å²) in [7, 11) is 1.63. The lowest BCUT2D eigenvalue weighted by molar-refractivity contribution is 0.0783. The van der Waals surface area contributed by atoms with Crippen LogP contribution in [0.2, 0.25) is 5.15 Å². The van der Waals surface area contributed by atoms with E-state index in [-0.39, 0.29) is 30.0 Å². The second kappa shape index (κ2) is 9.44. The first-order valence-electron chi connectivity index (χ1n) is 8.52. The van der Waals surface area contributed by atoms with Gasteiger partial charge in [-0.15, -0.1) is 11.3 Å². The van der Waals surface area contributed by atoms with Crippen LogP contribution in [0.3, 0.4) is 0 Å². The average Bonchev–Trinajstić information content (AvgIpc) is 3.13. The van der Waals surface area contributed by atoms with Gasteiger partial charge in [0.25, 0.3) is 5.91 Å². The van der Waals surface area contributed by atoms with Crippen LogP contribution in [0.5, 0.6) is 0 Å². The minimum absolute atomic E-state index is 0.139. The molecule has 0 radical (unpaired) electrons. The highest BCUT2D eigenvalue weighted by Gasteiger charge is 2.17. The van der Waals surface area contributed by atoms with E-state index in [0.29, 0.717) is 22.0 Å². The van der Waals surface area contributed by atoms with E-state index in [1.807, 2.05) is 0 Å². The Kier molecular flexibility index (Phi) is 6.73. The summed E-state index contributed by atoms with van der Waals surface area (Å²) in [5, 5.41) is 7.53. The molecule has 0 aliphatic carbocycles. The molecular formula is C19H17ClFN5O2S. The van der Waals surface area contributed by atoms with Crippen LogP contribution in [0.4, 0.5) is 14.3 Å². The first-order chi connectivity index (χ1) is 13.9. The summed E-state index contributed by atoms with van der Waals surface area (Å²) in [4.78, 5) is 34.1. The molecule has 0 aliphatic heterocycles. The fourth-order valence-electron chi connectivity index (χ4n) is 2.47. The third kappa shape index (κ3) is 5.72. The van der Waals surface area contributed by atoms with Crippen LogP contribution in [0.1, 0.15) is 21.6 Å². The number of amides is 3. The number of pyridine rings is 1. The molecule has 0 bridgehead atoms. The second-order valence-electron chi connectivity index (χ2n) is 6.08. The maximum atomic E-state index is 13.2. The van der Waals surface area contributed by atoms with Crippen molar-refractivity contribution in [3.05, 3.63) is 75.8 Å². The van der Waals surface area contributed by atoms with Crippen LogP contribution in [0, 0.1) is 5.82 Å². The van der Waals surface area contributed by atoms with Gasteiger partial charge in [-0.2, -0.15) is 0 Å². The number of nitrogens with zero attached hydrogens (tertiary/aromatic N) is 3. The Morgan fingerprint density at radius 1 is 1.28 bits per heavy atom. The molecule has 0 aliphatic rings. The van der Waals surface area contributed by atoms with E-state index in [0.717, 1.165) is 0 Å². The lowest BCUT2D eigenvalue weighted by atomic mass is 10.2. The normalized spacial score (nSPS) is 10.4. The van der Waals surface area contributed by atoms with Gasteiger partial charge < -0.3 is 10.2 Å². The van der Waals surface area contributed by atoms with Gasteiger partial charge in [-0.1, -0.05) is 23.7 Å². The predicted octanol–water partition coefficient (Wildman–Crippen LogP) is 3.92. The molecule has 1 aromatic carbocycles. The largest absolute Gasteiger partial charge is 0.336 e. The Hall–Kier alpha value is -3.04. The second-order valence-corrected chi connectivity index (χ2v) is 7.30. The summed E-state index contributed by atoms with van der Waals surface area (Å²) in [6.07, 6.45) is 1.51. The number of rotatable bonds is 6. The lowest BCUT2D eigenvalue weighted by Crippen LogP contribution is -2.28. The van der Waals surface area contributed by atoms with Crippen LogP contribution < -0.4 is 10.6 Å². The van der Waals surface area contributed by atoms with Crippen molar-refractivity contribution in [2.24, 2.45) is 0 Å². The van der Waals surface area contributed by atoms with Crippen molar-refractivity contribution in [1.82, 2.24) is 20.2 Å². The molecule has 10 heteroatoms. The van der Waals surface area contributed by atoms with Gasteiger partial charge in [0.1, 0.15) is 11.0 Å². The molecule has 150 valence electrons. The molecule has 29 heavy (non-hydrogen) atoms. The van der Waals surface area contributed by atoms with Crippen molar-refractivity contribution in [3.63, 3.8) is 0 Å². The number of urea groups is 1. The SMILES string of the molecule is CN(Cc1csc(NC(=O)NCc2cccc(F)c2)n1)C(=O)c1cccnc1Cl. The quantitative estimate of drug-likeness (QED) is 0.577. The molecule has 0 saturated carbocycles. The zero-order chi connectivity index (χ0) is 20.8. The fourth-order valence-corrected chi connectivity index (χ4v) is 3.37. The molecule has 2 aromatic heterocycles. The van der Waals surface area contributed by atoms with Gasteiger partial charge in [-0.3, -0.25) is 10.1 Å². The molecule has 3 rings (SSSR count). The van der Waals surface area contributed by atoms with E-state index in [2.05, 4.69) is 20.6 Å². The minimum atomic E-state index is -0.457. The number of aromatic nitrogens is 2. The highest BCUT2D eigenvalue weighted by Crippen LogP contribution is 2.19. The van der Waals surface area contributed by atoms with Crippen LogP contribution in [-0.2, 0) is 13.1 Å². The number of hydrogen-bond acceptors (Lipinski definition) is 5. The predicted molar refractivity (Wildman–Crippen MR) is 109 cm³/mol. The van der Waals surface area contributed by atoms with Crippen molar-refractivity contribution in [2.75, 3.05) is 12.4 Å². The van der Waals surface area contributed by atoms with Gasteiger partial charge in [0.05, 0.1) is 17.8 Å². The first-order valence-corrected chi connectivity index (χ1v) is 9.78. The molecule has 0 atom stereocenters. The summed E-state index contributed by atoms with van der Waals surface area (Å²) in [5.41, 5.74) is 1.57. The topological polar surface area (TPSA) is 87.2 Å². The number of anilines is 1. The molecule has 0 fully saturated rings. The standard InChI is InChI=1S/C19H17ClFN5O2S/c1-26(17(27)15-6-3-7-22-16(15)20)10-14-11-29-19(24-14)25-18(28)23-9-12-4-2-5-13(21)8-12/h2-8,11H,9-10H2,1H3,(H2,23,24,25,28). The molecule has 0 unspecified atom stereocenters. The fraction of sp³-hybridized carbons (Fsp3) is 0.158. The third-order valence-corrected chi connectivity index (χ3v) is 4.96. The molecule has 7 nitrogen and oxygen atoms in total. The molecule has 2 N–H and O–H groups in total. The Morgan fingerprint density at radius 2 is 2.10 bits per heavy atom. The van der Waals surface area contributed by atoms with Crippen LogP contribution in [-0.4, -0.2) is 33.9 Å². The Balaban J connectivity index is 1.53. The van der Waals surface area contributed by atoms with E-state index >= 15 is 0 Å². The van der Waals surface area contributed by atoms with Gasteiger partial charge in [0.15, 0.2) is 5.13 Å². The number of hydrogen-bond donors (Lipinski definition) is 2. The van der Waals surface area contributed by atoms with Gasteiger partial charge in [-0.05, 0) is 29.8 Å². The van der Waals surface area contributed by atoms with Crippen molar-refractivity contribution < 1.29 is 14.0 Å². The van der Waals surface area contributed by atoms with Crippen molar-refractivity contribution >= 4 is 40.0 Å². The van der Waals surface area contributed by atoms with E-state index in [9.17, 15) is 14.0 Å². The molecule has 0 spiro atoms. The molecule has 0 saturated heterocycles. The number of thiazole rings is 1. The van der Waals surface area contributed by atoms with Gasteiger partial charge >= 0.3 is 6.03 Å². The third-order valence-electron chi connectivity index (χ3n) is 3.85. The summed E-state index contributed by atoms with van der Waals surface area (Å²) in [6.45, 7) is 0.429. The van der Waals surface area contributed by atoms with Crippen LogP contribution in [0.25, 0.3) is 0 Å². The van der Waals surface area contributed by atoms with Crippen LogP contribution in [0.15, 0.2) is 48.0 Å². The summed E-state index contributed by atoms with van der Waals surface area (Å²) >= 11 is 7.20. The van der Waals surface area contributed by atoms with Crippen LogP contribution >= 0.6 is 22.9 Å². The van der Waals surface area contributed by atoms with Gasteiger partial charge in [0, 0.05) is 25.2 Å². The number of carbonyl (C=O) groups is 2. The number of nitrogens with one attached hydrogen (secondary N) is 2. The first kappa shape index (κ1) is 20.7. The summed E-state index contributed by atoms with van der Waals surface area (Å²) < 4.78 is 13.2. The highest BCUT2D eigenvalue weighted by atomic mass is 35.5.